The maximum Gasteiger partial charge on any atom is 0.204 e. The molecular weight excluding hydrogens is 311 g/mol. The topological polar surface area (TPSA) is 73.1 Å². The highest BCUT2D eigenvalue weighted by Crippen LogP contribution is 2.17. The molecule has 0 fully saturated rings. The Bertz CT molecular complexity index is 807. The van der Waals surface area contributed by atoms with Gasteiger partial charge in [-0.2, -0.15) is 4.80 Å². The molecule has 1 heterocycles. The van der Waals surface area contributed by atoms with Crippen molar-refractivity contribution in [2.45, 2.75) is 19.6 Å². The van der Waals surface area contributed by atoms with Crippen molar-refractivity contribution in [1.82, 2.24) is 20.2 Å². The molecule has 3 rings (SSSR count). The van der Waals surface area contributed by atoms with Gasteiger partial charge in [0, 0.05) is 5.56 Å². The molecular formula is C17H17FN4O2. The zero-order chi connectivity index (χ0) is 16.9. The number of aliphatic hydroxyl groups is 1. The van der Waals surface area contributed by atoms with Crippen molar-refractivity contribution in [3.8, 4) is 17.1 Å². The quantitative estimate of drug-likeness (QED) is 0.751. The third kappa shape index (κ3) is 3.94. The van der Waals surface area contributed by atoms with Gasteiger partial charge >= 0.3 is 0 Å². The number of benzene rings is 2. The van der Waals surface area contributed by atoms with Crippen LogP contribution in [0.1, 0.15) is 5.56 Å². The molecule has 1 aromatic heterocycles. The van der Waals surface area contributed by atoms with Crippen molar-refractivity contribution < 1.29 is 14.2 Å². The van der Waals surface area contributed by atoms with Crippen molar-refractivity contribution in [3.63, 3.8) is 0 Å². The molecule has 0 aliphatic heterocycles. The lowest BCUT2D eigenvalue weighted by Crippen LogP contribution is -2.24. The van der Waals surface area contributed by atoms with Gasteiger partial charge in [-0.3, -0.25) is 0 Å². The number of para-hydroxylation sites is 1. The van der Waals surface area contributed by atoms with Crippen LogP contribution in [-0.4, -0.2) is 38.0 Å². The van der Waals surface area contributed by atoms with Gasteiger partial charge in [0.2, 0.25) is 5.82 Å². The van der Waals surface area contributed by atoms with Crippen molar-refractivity contribution in [3.05, 3.63) is 59.9 Å². The van der Waals surface area contributed by atoms with E-state index in [1.54, 1.807) is 19.1 Å². The van der Waals surface area contributed by atoms with Crippen LogP contribution in [0.15, 0.2) is 48.5 Å². The second kappa shape index (κ2) is 7.18. The number of nitrogens with zero attached hydrogens (tertiary/aromatic N) is 4. The minimum Gasteiger partial charge on any atom is -0.491 e. The average Bonchev–Trinajstić information content (AvgIpc) is 3.05. The van der Waals surface area contributed by atoms with E-state index in [0.29, 0.717) is 22.7 Å². The van der Waals surface area contributed by atoms with Gasteiger partial charge in [0.05, 0.1) is 6.54 Å². The molecule has 2 aromatic carbocycles. The average molecular weight is 328 g/mol. The van der Waals surface area contributed by atoms with E-state index in [9.17, 15) is 9.50 Å². The highest BCUT2D eigenvalue weighted by Gasteiger charge is 2.12. The molecule has 0 bridgehead atoms. The zero-order valence-corrected chi connectivity index (χ0v) is 13.1. The summed E-state index contributed by atoms with van der Waals surface area (Å²) in [5.74, 6) is 0.791. The van der Waals surface area contributed by atoms with Gasteiger partial charge in [-0.15, -0.1) is 10.2 Å². The number of rotatable bonds is 6. The van der Waals surface area contributed by atoms with Gasteiger partial charge in [-0.05, 0) is 48.0 Å². The molecule has 0 saturated heterocycles. The number of ether oxygens (including phenoxy) is 1. The number of hydrogen-bond donors (Lipinski definition) is 1. The normalized spacial score (nSPS) is 12.1. The van der Waals surface area contributed by atoms with E-state index in [4.69, 9.17) is 4.74 Å². The Balaban J connectivity index is 1.60. The first-order valence-corrected chi connectivity index (χ1v) is 7.52. The number of halogens is 1. The van der Waals surface area contributed by atoms with E-state index in [2.05, 4.69) is 15.4 Å². The van der Waals surface area contributed by atoms with Crippen LogP contribution in [0.2, 0.25) is 0 Å². The molecule has 0 aliphatic rings. The lowest BCUT2D eigenvalue weighted by atomic mass is 10.1. The van der Waals surface area contributed by atoms with Gasteiger partial charge in [-0.1, -0.05) is 18.2 Å². The summed E-state index contributed by atoms with van der Waals surface area (Å²) in [6.07, 6.45) is -0.776. The summed E-state index contributed by atoms with van der Waals surface area (Å²) < 4.78 is 18.8. The van der Waals surface area contributed by atoms with E-state index in [1.165, 1.54) is 10.9 Å². The van der Waals surface area contributed by atoms with Crippen molar-refractivity contribution in [1.29, 1.82) is 0 Å². The molecule has 0 amide bonds. The number of tetrazole rings is 1. The molecule has 6 nitrogen and oxygen atoms in total. The Labute approximate surface area is 138 Å². The SMILES string of the molecule is Cc1cc(-c2nnn(CC(O)COc3ccccc3)n2)ccc1F. The second-order valence-electron chi connectivity index (χ2n) is 5.41. The van der Waals surface area contributed by atoms with Crippen LogP contribution < -0.4 is 4.74 Å². The maximum absolute atomic E-state index is 13.3. The Morgan fingerprint density at radius 1 is 1.21 bits per heavy atom. The highest BCUT2D eigenvalue weighted by molar-refractivity contribution is 5.55. The number of hydrogen-bond acceptors (Lipinski definition) is 5. The molecule has 124 valence electrons. The predicted octanol–water partition coefficient (Wildman–Crippen LogP) is 2.23. The maximum atomic E-state index is 13.3. The van der Waals surface area contributed by atoms with Crippen LogP contribution in [0, 0.1) is 12.7 Å². The van der Waals surface area contributed by atoms with Crippen LogP contribution in [0.5, 0.6) is 5.75 Å². The number of aliphatic hydroxyl groups excluding tert-OH is 1. The molecule has 1 N–H and O–H groups in total. The summed E-state index contributed by atoms with van der Waals surface area (Å²) in [7, 11) is 0. The molecule has 0 saturated carbocycles. The molecule has 0 aliphatic carbocycles. The van der Waals surface area contributed by atoms with Gasteiger partial charge in [-0.25, -0.2) is 4.39 Å². The lowest BCUT2D eigenvalue weighted by Gasteiger charge is -2.11. The van der Waals surface area contributed by atoms with Crippen LogP contribution >= 0.6 is 0 Å². The lowest BCUT2D eigenvalue weighted by molar-refractivity contribution is 0.0850. The molecule has 0 radical (unpaired) electrons. The Kier molecular flexibility index (Phi) is 4.81. The summed E-state index contributed by atoms with van der Waals surface area (Å²) in [5.41, 5.74) is 1.19. The first-order valence-electron chi connectivity index (χ1n) is 7.52. The van der Waals surface area contributed by atoms with Gasteiger partial charge in [0.15, 0.2) is 0 Å². The summed E-state index contributed by atoms with van der Waals surface area (Å²) in [5, 5.41) is 22.1. The molecule has 7 heteroatoms. The van der Waals surface area contributed by atoms with E-state index in [1.807, 2.05) is 30.3 Å². The molecule has 24 heavy (non-hydrogen) atoms. The van der Waals surface area contributed by atoms with Gasteiger partial charge in [0.25, 0.3) is 0 Å². The Hall–Kier alpha value is -2.80. The van der Waals surface area contributed by atoms with Crippen molar-refractivity contribution >= 4 is 0 Å². The van der Waals surface area contributed by atoms with Crippen LogP contribution in [0.4, 0.5) is 4.39 Å². The number of aryl methyl sites for hydroxylation is 1. The minimum atomic E-state index is -0.776. The summed E-state index contributed by atoms with van der Waals surface area (Å²) in [6.45, 7) is 1.95. The Morgan fingerprint density at radius 3 is 2.75 bits per heavy atom. The van der Waals surface area contributed by atoms with Gasteiger partial charge in [0.1, 0.15) is 24.3 Å². The monoisotopic (exact) mass is 328 g/mol. The fraction of sp³-hybridized carbons (Fsp3) is 0.235. The summed E-state index contributed by atoms with van der Waals surface area (Å²) in [4.78, 5) is 1.30. The first-order chi connectivity index (χ1) is 11.6. The van der Waals surface area contributed by atoms with Crippen molar-refractivity contribution in [2.24, 2.45) is 0 Å². The third-order valence-corrected chi connectivity index (χ3v) is 3.43. The fourth-order valence-corrected chi connectivity index (χ4v) is 2.17. The van der Waals surface area contributed by atoms with E-state index < -0.39 is 6.10 Å². The Morgan fingerprint density at radius 2 is 2.00 bits per heavy atom. The molecule has 3 aromatic rings. The number of aromatic nitrogens is 4. The first kappa shape index (κ1) is 16.1. The summed E-state index contributed by atoms with van der Waals surface area (Å²) in [6, 6.07) is 13.9. The van der Waals surface area contributed by atoms with E-state index in [0.717, 1.165) is 0 Å². The third-order valence-electron chi connectivity index (χ3n) is 3.43. The molecule has 1 unspecified atom stereocenters. The van der Waals surface area contributed by atoms with Crippen LogP contribution in [0.3, 0.4) is 0 Å². The zero-order valence-electron chi connectivity index (χ0n) is 13.1. The van der Waals surface area contributed by atoms with Crippen LogP contribution in [-0.2, 0) is 6.54 Å². The van der Waals surface area contributed by atoms with Gasteiger partial charge < -0.3 is 9.84 Å². The standard InChI is InChI=1S/C17H17FN4O2/c1-12-9-13(7-8-16(12)18)17-19-21-22(20-17)10-14(23)11-24-15-5-3-2-4-6-15/h2-9,14,23H,10-11H2,1H3. The second-order valence-corrected chi connectivity index (χ2v) is 5.41. The largest absolute Gasteiger partial charge is 0.491 e. The minimum absolute atomic E-state index is 0.122. The van der Waals surface area contributed by atoms with E-state index in [-0.39, 0.29) is 19.0 Å². The summed E-state index contributed by atoms with van der Waals surface area (Å²) >= 11 is 0. The van der Waals surface area contributed by atoms with Crippen molar-refractivity contribution in [2.75, 3.05) is 6.61 Å². The fourth-order valence-electron chi connectivity index (χ4n) is 2.17. The molecule has 1 atom stereocenters. The predicted molar refractivity (Wildman–Crippen MR) is 85.9 cm³/mol. The molecule has 0 spiro atoms. The highest BCUT2D eigenvalue weighted by atomic mass is 19.1. The smallest absolute Gasteiger partial charge is 0.204 e. The van der Waals surface area contributed by atoms with Crippen LogP contribution in [0.25, 0.3) is 11.4 Å². The van der Waals surface area contributed by atoms with E-state index >= 15 is 0 Å².